The number of hydrogen-bond acceptors (Lipinski definition) is 10. The van der Waals surface area contributed by atoms with Crippen LogP contribution in [0.5, 0.6) is 0 Å². The number of nitrogens with zero attached hydrogens (tertiary/aromatic N) is 8. The van der Waals surface area contributed by atoms with Crippen molar-refractivity contribution in [3.8, 4) is 12.1 Å². The van der Waals surface area contributed by atoms with E-state index in [-0.39, 0.29) is 17.5 Å². The smallest absolute Gasteiger partial charge is 0.247 e. The minimum absolute atomic E-state index is 0.112. The van der Waals surface area contributed by atoms with Gasteiger partial charge in [-0.05, 0) is 25.0 Å². The Bertz CT molecular complexity index is 1380. The van der Waals surface area contributed by atoms with Gasteiger partial charge < -0.3 is 15.5 Å². The van der Waals surface area contributed by atoms with Crippen LogP contribution in [0, 0.1) is 22.7 Å². The summed E-state index contributed by atoms with van der Waals surface area (Å²) in [5.74, 6) is 0.626. The van der Waals surface area contributed by atoms with E-state index in [9.17, 15) is 15.3 Å². The first-order valence-electron chi connectivity index (χ1n) is 11.2. The summed E-state index contributed by atoms with van der Waals surface area (Å²) in [6.45, 7) is 3.94. The first-order chi connectivity index (χ1) is 16.9. The quantitative estimate of drug-likeness (QED) is 0.467. The van der Waals surface area contributed by atoms with Crippen LogP contribution in [0.25, 0.3) is 5.65 Å². The first kappa shape index (κ1) is 22.7. The van der Waals surface area contributed by atoms with Crippen LogP contribution in [0.15, 0.2) is 18.3 Å². The number of carbonyl (C=O) groups excluding carboxylic acids is 1. The number of fused-ring (bicyclic) bond motifs is 1. The van der Waals surface area contributed by atoms with Gasteiger partial charge in [0.2, 0.25) is 11.9 Å². The third kappa shape index (κ3) is 4.75. The molecule has 0 spiro atoms. The predicted octanol–water partition coefficient (Wildman–Crippen LogP) is 2.01. The molecule has 12 nitrogen and oxygen atoms in total. The fourth-order valence-corrected chi connectivity index (χ4v) is 4.20. The summed E-state index contributed by atoms with van der Waals surface area (Å²) >= 11 is 6.79. The van der Waals surface area contributed by atoms with E-state index >= 15 is 0 Å². The van der Waals surface area contributed by atoms with Crippen LogP contribution in [-0.4, -0.2) is 62.7 Å². The zero-order valence-electron chi connectivity index (χ0n) is 18.9. The third-order valence-corrected chi connectivity index (χ3v) is 6.16. The molecule has 3 heterocycles. The highest BCUT2D eigenvalue weighted by molar-refractivity contribution is 6.36. The molecule has 0 unspecified atom stereocenters. The Morgan fingerprint density at radius 2 is 1.94 bits per heavy atom. The van der Waals surface area contributed by atoms with Crippen molar-refractivity contribution in [1.29, 1.82) is 10.5 Å². The second-order valence-electron chi connectivity index (χ2n) is 8.43. The molecule has 1 aliphatic heterocycles. The van der Waals surface area contributed by atoms with E-state index in [0.717, 1.165) is 12.8 Å². The van der Waals surface area contributed by atoms with Crippen LogP contribution >= 0.6 is 11.6 Å². The van der Waals surface area contributed by atoms with Gasteiger partial charge in [-0.15, -0.1) is 5.10 Å². The zero-order chi connectivity index (χ0) is 24.5. The fourth-order valence-electron chi connectivity index (χ4n) is 3.93. The van der Waals surface area contributed by atoms with Crippen molar-refractivity contribution in [2.75, 3.05) is 41.7 Å². The Hall–Kier alpha value is -4.13. The van der Waals surface area contributed by atoms with Gasteiger partial charge in [0.1, 0.15) is 6.07 Å². The number of carbonyl (C=O) groups is 1. The summed E-state index contributed by atoms with van der Waals surface area (Å²) in [6.07, 6.45) is 3.53. The minimum atomic E-state index is -0.112. The number of amides is 1. The lowest BCUT2D eigenvalue weighted by Crippen LogP contribution is -2.53. The second kappa shape index (κ2) is 9.25. The summed E-state index contributed by atoms with van der Waals surface area (Å²) in [6, 6.07) is 7.96. The number of nitriles is 2. The minimum Gasteiger partial charge on any atom is -0.368 e. The number of hydrogen-bond donors (Lipinski definition) is 3. The molecule has 13 heteroatoms. The molecule has 178 valence electrons. The molecule has 1 saturated carbocycles. The van der Waals surface area contributed by atoms with Crippen LogP contribution in [0.4, 0.5) is 23.1 Å². The van der Waals surface area contributed by atoms with Crippen molar-refractivity contribution >= 4 is 46.3 Å². The maximum atomic E-state index is 11.3. The number of imidazole rings is 1. The molecule has 1 aliphatic carbocycles. The Kier molecular flexibility index (Phi) is 5.99. The molecule has 3 N–H and O–H groups in total. The van der Waals surface area contributed by atoms with E-state index < -0.39 is 0 Å². The summed E-state index contributed by atoms with van der Waals surface area (Å²) in [5.41, 5.74) is 5.14. The molecule has 2 fully saturated rings. The lowest BCUT2D eigenvalue weighted by Gasteiger charge is -2.36. The van der Waals surface area contributed by atoms with Gasteiger partial charge in [-0.25, -0.2) is 9.99 Å². The van der Waals surface area contributed by atoms with Gasteiger partial charge in [0, 0.05) is 39.1 Å². The number of benzene rings is 1. The average molecular weight is 492 g/mol. The maximum Gasteiger partial charge on any atom is 0.247 e. The SMILES string of the molecule is CC(=O)NN1CCN(c2cc(C#N)cc(Nc3nc(NC4CC4)c4ncc(C#N)n4n3)c2Cl)CC1. The van der Waals surface area contributed by atoms with Crippen molar-refractivity contribution in [2.45, 2.75) is 25.8 Å². The normalized spacial score (nSPS) is 15.9. The summed E-state index contributed by atoms with van der Waals surface area (Å²) < 4.78 is 1.43. The lowest BCUT2D eigenvalue weighted by molar-refractivity contribution is -0.123. The van der Waals surface area contributed by atoms with Gasteiger partial charge >= 0.3 is 0 Å². The fraction of sp³-hybridized carbons (Fsp3) is 0.364. The number of hydrazine groups is 1. The highest BCUT2D eigenvalue weighted by atomic mass is 35.5. The standard InChI is InChI=1S/C22H22ClN11O/c1-13(35)30-33-6-4-32(5-7-33)18-9-14(10-24)8-17(19(18)23)28-22-29-20(27-15-2-3-15)21-26-12-16(11-25)34(21)31-22/h8-9,12,15H,2-7H2,1H3,(H,30,35)(H2,27,28,29,31). The maximum absolute atomic E-state index is 11.3. The molecule has 0 bridgehead atoms. The summed E-state index contributed by atoms with van der Waals surface area (Å²) in [7, 11) is 0. The van der Waals surface area contributed by atoms with Gasteiger partial charge in [-0.3, -0.25) is 10.2 Å². The van der Waals surface area contributed by atoms with Gasteiger partial charge in [0.05, 0.1) is 34.2 Å². The van der Waals surface area contributed by atoms with E-state index in [1.807, 2.05) is 5.01 Å². The number of piperazine rings is 1. The molecule has 1 aromatic carbocycles. The molecule has 2 aromatic heterocycles. The molecule has 3 aromatic rings. The number of anilines is 4. The topological polar surface area (TPSA) is 150 Å². The molecular weight excluding hydrogens is 470 g/mol. The molecule has 0 radical (unpaired) electrons. The van der Waals surface area contributed by atoms with E-state index in [0.29, 0.717) is 65.6 Å². The molecular formula is C22H22ClN11O. The van der Waals surface area contributed by atoms with Crippen molar-refractivity contribution < 1.29 is 4.79 Å². The predicted molar refractivity (Wildman–Crippen MR) is 129 cm³/mol. The van der Waals surface area contributed by atoms with Crippen molar-refractivity contribution in [3.05, 3.63) is 34.6 Å². The Morgan fingerprint density at radius 1 is 1.17 bits per heavy atom. The molecule has 1 amide bonds. The van der Waals surface area contributed by atoms with E-state index in [2.05, 4.69) is 48.2 Å². The van der Waals surface area contributed by atoms with Gasteiger partial charge in [0.15, 0.2) is 17.2 Å². The molecule has 0 atom stereocenters. The molecule has 1 saturated heterocycles. The van der Waals surface area contributed by atoms with Crippen LogP contribution in [0.3, 0.4) is 0 Å². The highest BCUT2D eigenvalue weighted by Gasteiger charge is 2.25. The highest BCUT2D eigenvalue weighted by Crippen LogP contribution is 2.36. The second-order valence-corrected chi connectivity index (χ2v) is 8.81. The Balaban J connectivity index is 1.46. The number of halogens is 1. The molecule has 35 heavy (non-hydrogen) atoms. The molecule has 2 aliphatic rings. The van der Waals surface area contributed by atoms with Crippen LogP contribution in [0.1, 0.15) is 31.0 Å². The number of nitrogens with one attached hydrogen (secondary N) is 3. The summed E-state index contributed by atoms with van der Waals surface area (Å²) in [5, 5.41) is 32.2. The monoisotopic (exact) mass is 491 g/mol. The van der Waals surface area contributed by atoms with E-state index in [1.54, 1.807) is 12.1 Å². The lowest BCUT2D eigenvalue weighted by atomic mass is 10.1. The number of aromatic nitrogens is 4. The average Bonchev–Trinajstić information content (AvgIpc) is 3.56. The van der Waals surface area contributed by atoms with Crippen molar-refractivity contribution in [2.24, 2.45) is 0 Å². The van der Waals surface area contributed by atoms with Gasteiger partial charge in [-0.2, -0.15) is 20.0 Å². The van der Waals surface area contributed by atoms with Crippen molar-refractivity contribution in [3.63, 3.8) is 0 Å². The van der Waals surface area contributed by atoms with E-state index in [1.165, 1.54) is 17.6 Å². The largest absolute Gasteiger partial charge is 0.368 e. The summed E-state index contributed by atoms with van der Waals surface area (Å²) in [4.78, 5) is 22.3. The third-order valence-electron chi connectivity index (χ3n) is 5.76. The van der Waals surface area contributed by atoms with Crippen LogP contribution in [-0.2, 0) is 4.79 Å². The van der Waals surface area contributed by atoms with Crippen LogP contribution < -0.4 is 21.0 Å². The molecule has 5 rings (SSSR count). The Morgan fingerprint density at radius 3 is 2.60 bits per heavy atom. The van der Waals surface area contributed by atoms with Gasteiger partial charge in [-0.1, -0.05) is 11.6 Å². The first-order valence-corrected chi connectivity index (χ1v) is 11.5. The van der Waals surface area contributed by atoms with Crippen molar-refractivity contribution in [1.82, 2.24) is 30.0 Å². The van der Waals surface area contributed by atoms with E-state index in [4.69, 9.17) is 11.6 Å². The van der Waals surface area contributed by atoms with Gasteiger partial charge in [0.25, 0.3) is 0 Å². The zero-order valence-corrected chi connectivity index (χ0v) is 19.7. The number of rotatable bonds is 6. The van der Waals surface area contributed by atoms with Crippen LogP contribution in [0.2, 0.25) is 5.02 Å². The Labute approximate surface area is 206 Å².